The number of imide groups is 1. The largest absolute Gasteiger partial charge is 0.339 e. The number of fused-ring (bicyclic) bond motifs is 1. The lowest BCUT2D eigenvalue weighted by atomic mass is 10.1. The molecule has 6 nitrogen and oxygen atoms in total. The van der Waals surface area contributed by atoms with Crippen molar-refractivity contribution in [2.45, 2.75) is 0 Å². The highest BCUT2D eigenvalue weighted by Gasteiger charge is 2.36. The van der Waals surface area contributed by atoms with E-state index >= 15 is 0 Å². The molecule has 0 saturated heterocycles. The number of hydrogen-bond acceptors (Lipinski definition) is 5. The number of benzene rings is 2. The molecule has 0 atom stereocenters. The third-order valence-electron chi connectivity index (χ3n) is 3.82. The number of carbonyl (C=O) groups excluding carboxylic acids is 2. The van der Waals surface area contributed by atoms with E-state index in [9.17, 15) is 9.59 Å². The lowest BCUT2D eigenvalue weighted by molar-refractivity contribution is 0.0926. The predicted octanol–water partition coefficient (Wildman–Crippen LogP) is 3.67. The Hall–Kier alpha value is -3.25. The molecule has 0 spiro atoms. The van der Waals surface area contributed by atoms with E-state index in [1.165, 1.54) is 4.90 Å². The highest BCUT2D eigenvalue weighted by molar-refractivity contribution is 6.34. The minimum atomic E-state index is -0.315. The highest BCUT2D eigenvalue weighted by Crippen LogP contribution is 2.29. The third-order valence-corrected chi connectivity index (χ3v) is 4.03. The van der Waals surface area contributed by atoms with E-state index in [2.05, 4.69) is 15.5 Å². The number of nitrogens with zero attached hydrogens (tertiary/aromatic N) is 3. The summed E-state index contributed by atoms with van der Waals surface area (Å²) in [4.78, 5) is 26.1. The summed E-state index contributed by atoms with van der Waals surface area (Å²) in [5.41, 5.74) is 2.10. The number of halogens is 1. The molecule has 0 saturated carbocycles. The summed E-state index contributed by atoms with van der Waals surface area (Å²) in [6.07, 6.45) is 0. The van der Waals surface area contributed by atoms with E-state index in [0.717, 1.165) is 5.69 Å². The number of aromatic nitrogens is 2. The van der Waals surface area contributed by atoms with Gasteiger partial charge in [0.1, 0.15) is 0 Å². The molecule has 0 unspecified atom stereocenters. The van der Waals surface area contributed by atoms with Gasteiger partial charge in [0.05, 0.1) is 16.8 Å². The lowest BCUT2D eigenvalue weighted by Gasteiger charge is -2.14. The third kappa shape index (κ3) is 2.72. The van der Waals surface area contributed by atoms with Gasteiger partial charge < -0.3 is 5.32 Å². The van der Waals surface area contributed by atoms with Gasteiger partial charge in [-0.3, -0.25) is 9.59 Å². The number of carbonyl (C=O) groups is 2. The van der Waals surface area contributed by atoms with Gasteiger partial charge in [0.2, 0.25) is 0 Å². The molecule has 0 bridgehead atoms. The first kappa shape index (κ1) is 15.3. The summed E-state index contributed by atoms with van der Waals surface area (Å²) >= 11 is 5.70. The maximum absolute atomic E-state index is 12.5. The van der Waals surface area contributed by atoms with Crippen molar-refractivity contribution in [3.05, 3.63) is 76.9 Å². The number of anilines is 3. The van der Waals surface area contributed by atoms with Crippen LogP contribution in [-0.4, -0.2) is 22.0 Å². The fourth-order valence-electron chi connectivity index (χ4n) is 2.65. The Balaban J connectivity index is 1.58. The molecule has 2 aromatic carbocycles. The number of nitrogens with one attached hydrogen (secondary N) is 1. The van der Waals surface area contributed by atoms with Gasteiger partial charge in [-0.25, -0.2) is 4.90 Å². The van der Waals surface area contributed by atoms with Crippen molar-refractivity contribution in [2.24, 2.45) is 0 Å². The molecule has 2 amide bonds. The fourth-order valence-corrected chi connectivity index (χ4v) is 2.75. The van der Waals surface area contributed by atoms with Crippen molar-refractivity contribution < 1.29 is 9.59 Å². The molecular formula is C18H11ClN4O2. The summed E-state index contributed by atoms with van der Waals surface area (Å²) in [6.45, 7) is 0. The van der Waals surface area contributed by atoms with E-state index in [0.29, 0.717) is 27.8 Å². The van der Waals surface area contributed by atoms with E-state index in [1.54, 1.807) is 60.7 Å². The topological polar surface area (TPSA) is 75.2 Å². The van der Waals surface area contributed by atoms with Crippen LogP contribution in [-0.2, 0) is 0 Å². The van der Waals surface area contributed by atoms with E-state index in [-0.39, 0.29) is 11.8 Å². The Morgan fingerprint density at radius 2 is 1.44 bits per heavy atom. The van der Waals surface area contributed by atoms with E-state index in [1.807, 2.05) is 0 Å². The van der Waals surface area contributed by atoms with Crippen molar-refractivity contribution in [1.29, 1.82) is 0 Å². The Bertz CT molecular complexity index is 936. The minimum absolute atomic E-state index is 0.312. The summed E-state index contributed by atoms with van der Waals surface area (Å²) < 4.78 is 0. The average molecular weight is 351 g/mol. The van der Waals surface area contributed by atoms with Crippen LogP contribution in [0.4, 0.5) is 17.2 Å². The predicted molar refractivity (Wildman–Crippen MR) is 94.3 cm³/mol. The van der Waals surface area contributed by atoms with Gasteiger partial charge in [-0.2, -0.15) is 0 Å². The van der Waals surface area contributed by atoms with Crippen LogP contribution in [0.25, 0.3) is 0 Å². The van der Waals surface area contributed by atoms with E-state index in [4.69, 9.17) is 11.6 Å². The SMILES string of the molecule is O=C1c2ccccc2C(=O)N1c1ccc(Nc2ccc(Cl)nn2)cc1. The molecule has 7 heteroatoms. The van der Waals surface area contributed by atoms with Crippen LogP contribution in [0.2, 0.25) is 5.15 Å². The summed E-state index contributed by atoms with van der Waals surface area (Å²) in [5.74, 6) is -0.0902. The first-order valence-corrected chi connectivity index (χ1v) is 7.85. The van der Waals surface area contributed by atoms with Crippen LogP contribution >= 0.6 is 11.6 Å². The van der Waals surface area contributed by atoms with Crippen LogP contribution < -0.4 is 10.2 Å². The van der Waals surface area contributed by atoms with Crippen molar-refractivity contribution in [3.8, 4) is 0 Å². The molecule has 1 aliphatic heterocycles. The molecule has 1 N–H and O–H groups in total. The van der Waals surface area contributed by atoms with Gasteiger partial charge in [0, 0.05) is 5.69 Å². The van der Waals surface area contributed by atoms with Crippen LogP contribution in [0.1, 0.15) is 20.7 Å². The Kier molecular flexibility index (Phi) is 3.66. The zero-order valence-corrected chi connectivity index (χ0v) is 13.6. The molecule has 0 radical (unpaired) electrons. The molecule has 0 fully saturated rings. The summed E-state index contributed by atoms with van der Waals surface area (Å²) in [7, 11) is 0. The zero-order chi connectivity index (χ0) is 17.4. The molecule has 1 aromatic heterocycles. The van der Waals surface area contributed by atoms with Crippen LogP contribution in [0, 0.1) is 0 Å². The van der Waals surface area contributed by atoms with Crippen LogP contribution in [0.15, 0.2) is 60.7 Å². The Labute approximate surface area is 148 Å². The van der Waals surface area contributed by atoms with Crippen molar-refractivity contribution in [3.63, 3.8) is 0 Å². The average Bonchev–Trinajstić information content (AvgIpc) is 2.89. The second kappa shape index (κ2) is 5.99. The molecule has 0 aliphatic carbocycles. The number of rotatable bonds is 3. The standard InChI is InChI=1S/C18H11ClN4O2/c19-15-9-10-16(22-21-15)20-11-5-7-12(8-6-11)23-17(24)13-3-1-2-4-14(13)18(23)25/h1-10H,(H,20,22). The fraction of sp³-hybridized carbons (Fsp3) is 0. The van der Waals surface area contributed by atoms with Gasteiger partial charge in [0.15, 0.2) is 11.0 Å². The van der Waals surface area contributed by atoms with Crippen molar-refractivity contribution >= 4 is 40.6 Å². The zero-order valence-electron chi connectivity index (χ0n) is 12.8. The van der Waals surface area contributed by atoms with Gasteiger partial charge in [-0.05, 0) is 48.5 Å². The first-order valence-electron chi connectivity index (χ1n) is 7.47. The summed E-state index contributed by atoms with van der Waals surface area (Å²) in [5, 5.41) is 11.0. The highest BCUT2D eigenvalue weighted by atomic mass is 35.5. The first-order chi connectivity index (χ1) is 12.1. The Morgan fingerprint density at radius 1 is 0.800 bits per heavy atom. The maximum Gasteiger partial charge on any atom is 0.266 e. The Morgan fingerprint density at radius 3 is 2.00 bits per heavy atom. The smallest absolute Gasteiger partial charge is 0.266 e. The minimum Gasteiger partial charge on any atom is -0.339 e. The molecule has 4 rings (SSSR count). The molecule has 2 heterocycles. The monoisotopic (exact) mass is 350 g/mol. The van der Waals surface area contributed by atoms with Crippen LogP contribution in [0.3, 0.4) is 0 Å². The molecule has 122 valence electrons. The second-order valence-electron chi connectivity index (χ2n) is 5.40. The maximum atomic E-state index is 12.5. The normalized spacial score (nSPS) is 13.1. The lowest BCUT2D eigenvalue weighted by Crippen LogP contribution is -2.29. The van der Waals surface area contributed by atoms with Gasteiger partial charge in [0.25, 0.3) is 11.8 Å². The van der Waals surface area contributed by atoms with Crippen molar-refractivity contribution in [1.82, 2.24) is 10.2 Å². The van der Waals surface area contributed by atoms with Crippen molar-refractivity contribution in [2.75, 3.05) is 10.2 Å². The van der Waals surface area contributed by atoms with Crippen LogP contribution in [0.5, 0.6) is 0 Å². The van der Waals surface area contributed by atoms with Gasteiger partial charge in [-0.1, -0.05) is 23.7 Å². The molecular weight excluding hydrogens is 340 g/mol. The number of amides is 2. The molecule has 1 aliphatic rings. The molecule has 25 heavy (non-hydrogen) atoms. The summed E-state index contributed by atoms with van der Waals surface area (Å²) in [6, 6.07) is 17.1. The molecule has 3 aromatic rings. The van der Waals surface area contributed by atoms with E-state index < -0.39 is 0 Å². The van der Waals surface area contributed by atoms with Gasteiger partial charge in [-0.15, -0.1) is 10.2 Å². The number of hydrogen-bond donors (Lipinski definition) is 1. The quantitative estimate of drug-likeness (QED) is 0.729. The van der Waals surface area contributed by atoms with Gasteiger partial charge >= 0.3 is 0 Å². The second-order valence-corrected chi connectivity index (χ2v) is 5.79.